The fraction of sp³-hybridized carbons (Fsp3) is 0.200. The Kier molecular flexibility index (Phi) is 5.21. The van der Waals surface area contributed by atoms with E-state index in [1.165, 1.54) is 6.07 Å². The number of halogens is 2. The van der Waals surface area contributed by atoms with Crippen LogP contribution in [0.4, 0.5) is 10.1 Å². The van der Waals surface area contributed by atoms with E-state index in [0.29, 0.717) is 16.8 Å². The highest BCUT2D eigenvalue weighted by molar-refractivity contribution is 9.10. The van der Waals surface area contributed by atoms with Crippen LogP contribution in [-0.2, 0) is 0 Å². The predicted molar refractivity (Wildman–Crippen MR) is 79.1 cm³/mol. The maximum Gasteiger partial charge on any atom is 0.141 e. The molecule has 0 heterocycles. The summed E-state index contributed by atoms with van der Waals surface area (Å²) in [6.07, 6.45) is 0.854. The second-order valence-corrected chi connectivity index (χ2v) is 4.93. The van der Waals surface area contributed by atoms with Gasteiger partial charge >= 0.3 is 0 Å². The minimum atomic E-state index is -0.306. The Hall–Kier alpha value is -1.55. The zero-order chi connectivity index (χ0) is 13.5. The van der Waals surface area contributed by atoms with Crippen LogP contribution in [-0.4, -0.2) is 13.2 Å². The van der Waals surface area contributed by atoms with E-state index < -0.39 is 0 Å². The molecule has 0 amide bonds. The van der Waals surface area contributed by atoms with Gasteiger partial charge < -0.3 is 10.1 Å². The molecule has 0 unspecified atom stereocenters. The monoisotopic (exact) mass is 323 g/mol. The number of nitrogens with one attached hydrogen (secondary N) is 1. The van der Waals surface area contributed by atoms with Crippen molar-refractivity contribution < 1.29 is 9.13 Å². The summed E-state index contributed by atoms with van der Waals surface area (Å²) in [6.45, 7) is 1.38. The Morgan fingerprint density at radius 1 is 1.11 bits per heavy atom. The third-order valence-electron chi connectivity index (χ3n) is 2.58. The van der Waals surface area contributed by atoms with Gasteiger partial charge in [-0.05, 0) is 46.6 Å². The summed E-state index contributed by atoms with van der Waals surface area (Å²) in [6, 6.07) is 14.8. The number of hydrogen-bond donors (Lipinski definition) is 1. The van der Waals surface area contributed by atoms with Crippen molar-refractivity contribution in [1.29, 1.82) is 0 Å². The topological polar surface area (TPSA) is 21.3 Å². The van der Waals surface area contributed by atoms with Gasteiger partial charge in [0.05, 0.1) is 11.1 Å². The average molecular weight is 324 g/mol. The first-order valence-corrected chi connectivity index (χ1v) is 6.92. The average Bonchev–Trinajstić information content (AvgIpc) is 2.43. The molecule has 0 saturated carbocycles. The van der Waals surface area contributed by atoms with Gasteiger partial charge in [0.15, 0.2) is 0 Å². The number of benzene rings is 2. The van der Waals surface area contributed by atoms with Gasteiger partial charge in [0.25, 0.3) is 0 Å². The largest absolute Gasteiger partial charge is 0.493 e. The van der Waals surface area contributed by atoms with Gasteiger partial charge in [0, 0.05) is 18.3 Å². The van der Waals surface area contributed by atoms with E-state index in [-0.39, 0.29) is 5.82 Å². The summed E-state index contributed by atoms with van der Waals surface area (Å²) in [7, 11) is 0. The summed E-state index contributed by atoms with van der Waals surface area (Å²) in [5.41, 5.74) is 1.09. The molecule has 0 bridgehead atoms. The van der Waals surface area contributed by atoms with E-state index in [1.807, 2.05) is 30.3 Å². The first-order chi connectivity index (χ1) is 9.25. The second-order valence-electron chi connectivity index (χ2n) is 4.07. The highest BCUT2D eigenvalue weighted by atomic mass is 79.9. The van der Waals surface area contributed by atoms with E-state index in [1.54, 1.807) is 12.1 Å². The molecule has 0 aliphatic heterocycles. The summed E-state index contributed by atoms with van der Waals surface area (Å²) in [4.78, 5) is 0. The van der Waals surface area contributed by atoms with Crippen LogP contribution in [0.5, 0.6) is 5.75 Å². The smallest absolute Gasteiger partial charge is 0.141 e. The van der Waals surface area contributed by atoms with Crippen molar-refractivity contribution in [1.82, 2.24) is 0 Å². The second kappa shape index (κ2) is 7.14. The summed E-state index contributed by atoms with van der Waals surface area (Å²) in [5, 5.41) is 3.29. The molecule has 1 N–H and O–H groups in total. The van der Waals surface area contributed by atoms with Gasteiger partial charge in [-0.2, -0.15) is 0 Å². The van der Waals surface area contributed by atoms with Gasteiger partial charge in [0.2, 0.25) is 0 Å². The SMILES string of the molecule is Fc1cc(OCCCNc2ccccc2)ccc1Br. The molecule has 4 heteroatoms. The van der Waals surface area contributed by atoms with Gasteiger partial charge in [-0.15, -0.1) is 0 Å². The third kappa shape index (κ3) is 4.56. The lowest BCUT2D eigenvalue weighted by atomic mass is 10.3. The molecule has 2 aromatic rings. The third-order valence-corrected chi connectivity index (χ3v) is 3.23. The van der Waals surface area contributed by atoms with Crippen molar-refractivity contribution in [2.75, 3.05) is 18.5 Å². The molecule has 2 rings (SSSR count). The van der Waals surface area contributed by atoms with Crippen molar-refractivity contribution in [2.24, 2.45) is 0 Å². The van der Waals surface area contributed by atoms with Crippen LogP contribution >= 0.6 is 15.9 Å². The highest BCUT2D eigenvalue weighted by Crippen LogP contribution is 2.20. The van der Waals surface area contributed by atoms with Crippen LogP contribution < -0.4 is 10.1 Å². The summed E-state index contributed by atoms with van der Waals surface area (Å²) >= 11 is 3.11. The summed E-state index contributed by atoms with van der Waals surface area (Å²) in [5.74, 6) is 0.250. The normalized spacial score (nSPS) is 10.2. The Morgan fingerprint density at radius 2 is 1.89 bits per heavy atom. The molecule has 0 aliphatic carbocycles. The minimum absolute atomic E-state index is 0.306. The lowest BCUT2D eigenvalue weighted by molar-refractivity contribution is 0.313. The van der Waals surface area contributed by atoms with Crippen LogP contribution in [0.15, 0.2) is 53.0 Å². The number of hydrogen-bond acceptors (Lipinski definition) is 2. The zero-order valence-corrected chi connectivity index (χ0v) is 12.0. The Morgan fingerprint density at radius 3 is 2.63 bits per heavy atom. The molecule has 19 heavy (non-hydrogen) atoms. The van der Waals surface area contributed by atoms with Crippen molar-refractivity contribution in [3.8, 4) is 5.75 Å². The summed E-state index contributed by atoms with van der Waals surface area (Å²) < 4.78 is 19.2. The van der Waals surface area contributed by atoms with Gasteiger partial charge in [-0.25, -0.2) is 4.39 Å². The first-order valence-electron chi connectivity index (χ1n) is 6.12. The van der Waals surface area contributed by atoms with Gasteiger partial charge in [0.1, 0.15) is 11.6 Å². The van der Waals surface area contributed by atoms with Crippen LogP contribution in [0.3, 0.4) is 0 Å². The lowest BCUT2D eigenvalue weighted by Crippen LogP contribution is -2.07. The minimum Gasteiger partial charge on any atom is -0.493 e. The van der Waals surface area contributed by atoms with Crippen molar-refractivity contribution in [3.63, 3.8) is 0 Å². The van der Waals surface area contributed by atoms with Gasteiger partial charge in [-0.1, -0.05) is 18.2 Å². The Bertz CT molecular complexity index is 519. The standard InChI is InChI=1S/C15H15BrFNO/c16-14-8-7-13(11-15(14)17)19-10-4-9-18-12-5-2-1-3-6-12/h1-3,5-8,11,18H,4,9-10H2. The first kappa shape index (κ1) is 13.9. The molecule has 100 valence electrons. The van der Waals surface area contributed by atoms with E-state index in [2.05, 4.69) is 21.2 Å². The lowest BCUT2D eigenvalue weighted by Gasteiger charge is -2.08. The van der Waals surface area contributed by atoms with Gasteiger partial charge in [-0.3, -0.25) is 0 Å². The van der Waals surface area contributed by atoms with Crippen LogP contribution in [0.1, 0.15) is 6.42 Å². The van der Waals surface area contributed by atoms with E-state index >= 15 is 0 Å². The molecule has 2 aromatic carbocycles. The fourth-order valence-corrected chi connectivity index (χ4v) is 1.86. The number of anilines is 1. The number of ether oxygens (including phenoxy) is 1. The predicted octanol–water partition coefficient (Wildman–Crippen LogP) is 4.47. The van der Waals surface area contributed by atoms with Crippen molar-refractivity contribution in [3.05, 3.63) is 58.8 Å². The van der Waals surface area contributed by atoms with Crippen molar-refractivity contribution in [2.45, 2.75) is 6.42 Å². The molecule has 2 nitrogen and oxygen atoms in total. The number of para-hydroxylation sites is 1. The molecule has 0 aromatic heterocycles. The molecule has 0 atom stereocenters. The van der Waals surface area contributed by atoms with E-state index in [9.17, 15) is 4.39 Å². The van der Waals surface area contributed by atoms with Crippen LogP contribution in [0.2, 0.25) is 0 Å². The molecular formula is C15H15BrFNO. The van der Waals surface area contributed by atoms with E-state index in [4.69, 9.17) is 4.74 Å². The Balaban J connectivity index is 1.68. The fourth-order valence-electron chi connectivity index (χ4n) is 1.62. The quantitative estimate of drug-likeness (QED) is 0.792. The molecule has 0 aliphatic rings. The molecule has 0 fully saturated rings. The Labute approximate surface area is 120 Å². The molecule has 0 radical (unpaired) electrons. The maximum atomic E-state index is 13.2. The highest BCUT2D eigenvalue weighted by Gasteiger charge is 2.01. The van der Waals surface area contributed by atoms with Crippen LogP contribution in [0, 0.1) is 5.82 Å². The van der Waals surface area contributed by atoms with Crippen molar-refractivity contribution >= 4 is 21.6 Å². The zero-order valence-electron chi connectivity index (χ0n) is 10.4. The molecule has 0 saturated heterocycles. The molecular weight excluding hydrogens is 309 g/mol. The maximum absolute atomic E-state index is 13.2. The van der Waals surface area contributed by atoms with Crippen LogP contribution in [0.25, 0.3) is 0 Å². The number of rotatable bonds is 6. The molecule has 0 spiro atoms. The van der Waals surface area contributed by atoms with E-state index in [0.717, 1.165) is 18.7 Å².